The zero-order chi connectivity index (χ0) is 13.0. The Morgan fingerprint density at radius 3 is 1.00 bits per heavy atom. The van der Waals surface area contributed by atoms with Crippen LogP contribution in [0.1, 0.15) is 0 Å². The van der Waals surface area contributed by atoms with Crippen molar-refractivity contribution in [2.45, 2.75) is 24.5 Å². The standard InChI is InChI=1S/C6F5OS5/c7-13-2-1(12)3(14-8)5(16-10)6(17-11)4(2)15-9. The van der Waals surface area contributed by atoms with Gasteiger partial charge in [0.05, 0.1) is 75.4 Å². The van der Waals surface area contributed by atoms with E-state index in [1.165, 1.54) is 0 Å². The number of benzene rings is 1. The molecule has 1 aromatic carbocycles. The van der Waals surface area contributed by atoms with E-state index in [0.717, 1.165) is 0 Å². The Morgan fingerprint density at radius 2 is 0.765 bits per heavy atom. The van der Waals surface area contributed by atoms with Crippen molar-refractivity contribution in [1.29, 1.82) is 0 Å². The maximum absolute atomic E-state index is 12.6. The molecule has 0 heterocycles. The summed E-state index contributed by atoms with van der Waals surface area (Å²) < 4.78 is 62.6. The van der Waals surface area contributed by atoms with Gasteiger partial charge in [-0.2, -0.15) is 19.4 Å². The summed E-state index contributed by atoms with van der Waals surface area (Å²) in [5.41, 5.74) is 0. The summed E-state index contributed by atoms with van der Waals surface area (Å²) in [4.78, 5) is -3.61. The lowest BCUT2D eigenvalue weighted by Crippen LogP contribution is -1.88. The smallest absolute Gasteiger partial charge is 0.213 e. The van der Waals surface area contributed by atoms with Gasteiger partial charge in [-0.15, -0.1) is 0 Å². The van der Waals surface area contributed by atoms with E-state index in [0.29, 0.717) is 0 Å². The Balaban J connectivity index is 3.66. The third kappa shape index (κ3) is 2.88. The average molecular weight is 343 g/mol. The minimum Gasteiger partial charge on any atom is -0.287 e. The highest BCUT2D eigenvalue weighted by Crippen LogP contribution is 2.55. The first kappa shape index (κ1) is 15.5. The molecule has 0 fully saturated rings. The molecule has 0 saturated carbocycles. The molecule has 1 aromatic rings. The molecular formula is C6F5OS5. The fraction of sp³-hybridized carbons (Fsp3) is 0. The summed E-state index contributed by atoms with van der Waals surface area (Å²) >= 11 is -3.06. The van der Waals surface area contributed by atoms with E-state index in [4.69, 9.17) is 0 Å². The lowest BCUT2D eigenvalue weighted by Gasteiger charge is -2.11. The molecule has 17 heavy (non-hydrogen) atoms. The number of halogens is 5. The van der Waals surface area contributed by atoms with Crippen LogP contribution in [-0.2, 0) is 5.11 Å². The molecule has 1 nitrogen and oxygen atoms in total. The topological polar surface area (TPSA) is 19.9 Å². The Kier molecular flexibility index (Phi) is 6.48. The normalized spacial score (nSPS) is 10.9. The summed E-state index contributed by atoms with van der Waals surface area (Å²) in [6, 6.07) is 0. The van der Waals surface area contributed by atoms with E-state index in [9.17, 15) is 24.5 Å². The molecule has 0 unspecified atom stereocenters. The molecule has 0 aromatic heterocycles. The summed E-state index contributed by atoms with van der Waals surface area (Å²) in [5.74, 6) is -1.21. The second-order valence-corrected chi connectivity index (χ2v) is 5.17. The minimum atomic E-state index is -1.21. The van der Waals surface area contributed by atoms with Gasteiger partial charge in [0.1, 0.15) is 9.79 Å². The minimum absolute atomic E-state index is 0.582. The van der Waals surface area contributed by atoms with Gasteiger partial charge >= 0.3 is 0 Å². The van der Waals surface area contributed by atoms with Crippen LogP contribution in [0.5, 0.6) is 5.75 Å². The lowest BCUT2D eigenvalue weighted by atomic mass is 10.3. The number of hydrogen-bond acceptors (Lipinski definition) is 5. The van der Waals surface area contributed by atoms with Crippen LogP contribution in [0.4, 0.5) is 19.4 Å². The molecule has 0 aliphatic rings. The summed E-state index contributed by atoms with van der Waals surface area (Å²) in [7, 11) is 0. The van der Waals surface area contributed by atoms with Crippen molar-refractivity contribution in [2.75, 3.05) is 0 Å². The molecule has 1 rings (SSSR count). The van der Waals surface area contributed by atoms with Crippen molar-refractivity contribution in [3.05, 3.63) is 0 Å². The third-order valence-electron chi connectivity index (χ3n) is 1.62. The fourth-order valence-corrected chi connectivity index (χ4v) is 3.69. The Morgan fingerprint density at radius 1 is 0.529 bits per heavy atom. The second-order valence-electron chi connectivity index (χ2n) is 2.36. The van der Waals surface area contributed by atoms with E-state index in [1.807, 2.05) is 0 Å². The quantitative estimate of drug-likeness (QED) is 0.552. The molecule has 0 aliphatic heterocycles. The van der Waals surface area contributed by atoms with Crippen molar-refractivity contribution in [3.8, 4) is 5.75 Å². The van der Waals surface area contributed by atoms with Crippen molar-refractivity contribution >= 4 is 60.7 Å². The van der Waals surface area contributed by atoms with Crippen LogP contribution in [0, 0.1) is 0 Å². The first-order valence-electron chi connectivity index (χ1n) is 3.50. The molecular weight excluding hydrogens is 343 g/mol. The maximum atomic E-state index is 12.6. The zero-order valence-corrected chi connectivity index (χ0v) is 11.4. The lowest BCUT2D eigenvalue weighted by molar-refractivity contribution is 0.326. The third-order valence-corrected chi connectivity index (χ3v) is 4.92. The summed E-state index contributed by atoms with van der Waals surface area (Å²) in [6.07, 6.45) is 0. The molecule has 0 aliphatic carbocycles. The van der Waals surface area contributed by atoms with Crippen LogP contribution in [-0.4, -0.2) is 0 Å². The predicted molar refractivity (Wildman–Crippen MR) is 61.4 cm³/mol. The molecule has 0 atom stereocenters. The maximum Gasteiger partial charge on any atom is 0.213 e. The van der Waals surface area contributed by atoms with Crippen molar-refractivity contribution in [3.63, 3.8) is 0 Å². The highest BCUT2D eigenvalue weighted by molar-refractivity contribution is 8.00. The Hall–Kier alpha value is 0.420. The van der Waals surface area contributed by atoms with Gasteiger partial charge in [-0.25, -0.2) is 0 Å². The van der Waals surface area contributed by atoms with Crippen LogP contribution < -0.4 is 0 Å². The van der Waals surface area contributed by atoms with Crippen molar-refractivity contribution in [2.24, 2.45) is 0 Å². The summed E-state index contributed by atoms with van der Waals surface area (Å²) in [5, 5.41) is 11.4. The molecule has 0 N–H and O–H groups in total. The number of rotatable bonds is 5. The van der Waals surface area contributed by atoms with E-state index < -0.39 is 91.0 Å². The Labute approximate surface area is 115 Å². The zero-order valence-electron chi connectivity index (χ0n) is 7.34. The van der Waals surface area contributed by atoms with Gasteiger partial charge in [0.2, 0.25) is 5.75 Å². The van der Waals surface area contributed by atoms with Crippen LogP contribution in [0.2, 0.25) is 0 Å². The average Bonchev–Trinajstić information content (AvgIpc) is 2.36. The SMILES string of the molecule is [O]c1c(SF)c(SF)c(SF)c(SF)c1SF. The summed E-state index contributed by atoms with van der Waals surface area (Å²) in [6.45, 7) is 0. The van der Waals surface area contributed by atoms with Crippen molar-refractivity contribution < 1.29 is 24.5 Å². The first-order valence-corrected chi connectivity index (χ1v) is 7.08. The van der Waals surface area contributed by atoms with Crippen LogP contribution in [0.25, 0.3) is 0 Å². The molecule has 0 spiro atoms. The van der Waals surface area contributed by atoms with Crippen LogP contribution in [0.3, 0.4) is 0 Å². The van der Waals surface area contributed by atoms with Gasteiger partial charge in [-0.3, -0.25) is 5.11 Å². The fourth-order valence-electron chi connectivity index (χ4n) is 0.969. The monoisotopic (exact) mass is 343 g/mol. The van der Waals surface area contributed by atoms with E-state index in [1.54, 1.807) is 0 Å². The second kappa shape index (κ2) is 7.12. The largest absolute Gasteiger partial charge is 0.287 e. The predicted octanol–water partition coefficient (Wildman–Crippen LogP) is 6.71. The molecule has 95 valence electrons. The van der Waals surface area contributed by atoms with Gasteiger partial charge in [0.15, 0.2) is 0 Å². The van der Waals surface area contributed by atoms with E-state index >= 15 is 0 Å². The van der Waals surface area contributed by atoms with Gasteiger partial charge < -0.3 is 0 Å². The highest BCUT2D eigenvalue weighted by atomic mass is 32.2. The highest BCUT2D eigenvalue weighted by Gasteiger charge is 2.29. The van der Waals surface area contributed by atoms with Crippen LogP contribution in [0.15, 0.2) is 24.5 Å². The van der Waals surface area contributed by atoms with Gasteiger partial charge in [0, 0.05) is 0 Å². The first-order chi connectivity index (χ1) is 8.15. The molecule has 0 bridgehead atoms. The van der Waals surface area contributed by atoms with E-state index in [-0.39, 0.29) is 0 Å². The van der Waals surface area contributed by atoms with Gasteiger partial charge in [0.25, 0.3) is 0 Å². The van der Waals surface area contributed by atoms with Gasteiger partial charge in [-0.1, -0.05) is 0 Å². The van der Waals surface area contributed by atoms with Gasteiger partial charge in [-0.05, 0) is 0 Å². The molecule has 1 radical (unpaired) electrons. The number of hydrogen-bond donors (Lipinski definition) is 0. The molecule has 0 saturated heterocycles. The van der Waals surface area contributed by atoms with E-state index in [2.05, 4.69) is 0 Å². The van der Waals surface area contributed by atoms with Crippen molar-refractivity contribution in [1.82, 2.24) is 0 Å². The molecule has 11 heteroatoms. The van der Waals surface area contributed by atoms with Crippen LogP contribution >= 0.6 is 60.7 Å². The molecule has 0 amide bonds. The Bertz CT molecular complexity index is 383.